The van der Waals surface area contributed by atoms with Crippen LogP contribution < -0.4 is 0 Å². The summed E-state index contributed by atoms with van der Waals surface area (Å²) >= 11 is 0. The Kier molecular flexibility index (Phi) is 6.61. The summed E-state index contributed by atoms with van der Waals surface area (Å²) in [5.41, 5.74) is 12.8. The maximum Gasteiger partial charge on any atom is 0.211 e. The molecule has 5 heteroatoms. The molecular formula is C50H29N5. The molecule has 5 nitrogen and oxygen atoms in total. The summed E-state index contributed by atoms with van der Waals surface area (Å²) in [5, 5.41) is 6.89. The molecule has 0 aliphatic carbocycles. The van der Waals surface area contributed by atoms with Gasteiger partial charge in [0.15, 0.2) is 5.69 Å². The van der Waals surface area contributed by atoms with Gasteiger partial charge in [-0.1, -0.05) is 109 Å². The maximum atomic E-state index is 8.24. The lowest BCUT2D eigenvalue weighted by Gasteiger charge is -2.15. The molecule has 0 aliphatic rings. The molecule has 3 heterocycles. The summed E-state index contributed by atoms with van der Waals surface area (Å²) in [6.45, 7) is 15.9. The Bertz CT molecular complexity index is 3400. The minimum absolute atomic E-state index is 0.606. The largest absolute Gasteiger partial charge is 0.319 e. The summed E-state index contributed by atoms with van der Waals surface area (Å²) in [7, 11) is 0. The maximum absolute atomic E-state index is 8.24. The second-order valence-corrected chi connectivity index (χ2v) is 13.9. The van der Waals surface area contributed by atoms with Crippen LogP contribution in [0, 0.1) is 13.1 Å². The van der Waals surface area contributed by atoms with E-state index in [4.69, 9.17) is 13.1 Å². The van der Waals surface area contributed by atoms with Crippen LogP contribution in [0.3, 0.4) is 0 Å². The summed E-state index contributed by atoms with van der Waals surface area (Å²) < 4.78 is 6.93. The molecule has 55 heavy (non-hydrogen) atoms. The van der Waals surface area contributed by atoms with Gasteiger partial charge in [-0.3, -0.25) is 0 Å². The molecule has 0 unspecified atom stereocenters. The number of hydrogen-bond donors (Lipinski definition) is 0. The highest BCUT2D eigenvalue weighted by molar-refractivity contribution is 6.15. The Balaban J connectivity index is 1.08. The van der Waals surface area contributed by atoms with Gasteiger partial charge in [0.05, 0.1) is 57.6 Å². The summed E-state index contributed by atoms with van der Waals surface area (Å²) in [4.78, 5) is 7.79. The van der Waals surface area contributed by atoms with E-state index in [1.165, 1.54) is 21.5 Å². The Morgan fingerprint density at radius 3 is 1.47 bits per heavy atom. The molecule has 0 spiro atoms. The van der Waals surface area contributed by atoms with Crippen molar-refractivity contribution in [1.82, 2.24) is 13.7 Å². The molecule has 0 atom stereocenters. The molecule has 8 aromatic carbocycles. The van der Waals surface area contributed by atoms with E-state index in [1.54, 1.807) is 0 Å². The van der Waals surface area contributed by atoms with E-state index in [2.05, 4.69) is 181 Å². The summed E-state index contributed by atoms with van der Waals surface area (Å²) in [6, 6.07) is 61.3. The monoisotopic (exact) mass is 699 g/mol. The highest BCUT2D eigenvalue weighted by atomic mass is 15.1. The van der Waals surface area contributed by atoms with Gasteiger partial charge in [0.2, 0.25) is 5.69 Å². The van der Waals surface area contributed by atoms with E-state index in [-0.39, 0.29) is 0 Å². The van der Waals surface area contributed by atoms with Crippen molar-refractivity contribution in [2.24, 2.45) is 0 Å². The van der Waals surface area contributed by atoms with E-state index in [0.29, 0.717) is 11.4 Å². The van der Waals surface area contributed by atoms with E-state index >= 15 is 0 Å². The third kappa shape index (κ3) is 4.45. The minimum Gasteiger partial charge on any atom is -0.319 e. The van der Waals surface area contributed by atoms with Crippen molar-refractivity contribution in [2.75, 3.05) is 0 Å². The SMILES string of the molecule is [C-]#[N+]c1ccc2c(c1)c1ccccc1n2-c1cccc2c3ccccc3n(-c3ccc(-c4ccc(-n5c6ccccc6c6ccccc65)c([N+]#[C-])c4)cc3)c12. The second-order valence-electron chi connectivity index (χ2n) is 13.9. The highest BCUT2D eigenvalue weighted by Gasteiger charge is 2.20. The first-order valence-electron chi connectivity index (χ1n) is 18.3. The molecule has 0 saturated heterocycles. The molecule has 11 aromatic rings. The molecule has 0 radical (unpaired) electrons. The zero-order valence-corrected chi connectivity index (χ0v) is 29.5. The van der Waals surface area contributed by atoms with Gasteiger partial charge in [-0.05, 0) is 83.2 Å². The number of para-hydroxylation sites is 5. The van der Waals surface area contributed by atoms with Gasteiger partial charge in [-0.25, -0.2) is 9.69 Å². The Labute approximate surface area is 316 Å². The van der Waals surface area contributed by atoms with Crippen LogP contribution in [0.4, 0.5) is 11.4 Å². The first kappa shape index (κ1) is 30.7. The third-order valence-corrected chi connectivity index (χ3v) is 11.1. The van der Waals surface area contributed by atoms with Crippen LogP contribution >= 0.6 is 0 Å². The topological polar surface area (TPSA) is 23.5 Å². The molecule has 0 fully saturated rings. The smallest absolute Gasteiger partial charge is 0.211 e. The van der Waals surface area contributed by atoms with E-state index in [1.807, 2.05) is 18.2 Å². The fourth-order valence-electron chi connectivity index (χ4n) is 8.71. The molecule has 0 N–H and O–H groups in total. The number of nitrogens with zero attached hydrogens (tertiary/aromatic N) is 5. The van der Waals surface area contributed by atoms with E-state index in [9.17, 15) is 0 Å². The predicted octanol–water partition coefficient (Wildman–Crippen LogP) is 13.7. The van der Waals surface area contributed by atoms with Crippen molar-refractivity contribution in [1.29, 1.82) is 0 Å². The molecule has 254 valence electrons. The Hall–Kier alpha value is -7.86. The van der Waals surface area contributed by atoms with E-state index in [0.717, 1.165) is 72.1 Å². The highest BCUT2D eigenvalue weighted by Crippen LogP contribution is 2.41. The van der Waals surface area contributed by atoms with Crippen LogP contribution in [0.15, 0.2) is 176 Å². The van der Waals surface area contributed by atoms with Gasteiger partial charge in [-0.15, -0.1) is 0 Å². The van der Waals surface area contributed by atoms with Crippen molar-refractivity contribution < 1.29 is 0 Å². The Morgan fingerprint density at radius 2 is 0.855 bits per heavy atom. The average Bonchev–Trinajstić information content (AvgIpc) is 3.89. The van der Waals surface area contributed by atoms with Crippen LogP contribution in [0.25, 0.3) is 103 Å². The van der Waals surface area contributed by atoms with Gasteiger partial charge in [0.1, 0.15) is 0 Å². The summed E-state index contributed by atoms with van der Waals surface area (Å²) in [6.07, 6.45) is 0. The average molecular weight is 700 g/mol. The van der Waals surface area contributed by atoms with Crippen molar-refractivity contribution in [3.63, 3.8) is 0 Å². The number of rotatable bonds is 4. The fourth-order valence-corrected chi connectivity index (χ4v) is 8.71. The Morgan fingerprint density at radius 1 is 0.345 bits per heavy atom. The predicted molar refractivity (Wildman–Crippen MR) is 227 cm³/mol. The molecule has 0 bridgehead atoms. The number of hydrogen-bond acceptors (Lipinski definition) is 0. The van der Waals surface area contributed by atoms with Crippen LogP contribution in [0.2, 0.25) is 0 Å². The lowest BCUT2D eigenvalue weighted by atomic mass is 10.0. The molecule has 11 rings (SSSR count). The van der Waals surface area contributed by atoms with E-state index < -0.39 is 0 Å². The first-order valence-corrected chi connectivity index (χ1v) is 18.3. The van der Waals surface area contributed by atoms with Crippen molar-refractivity contribution in [3.05, 3.63) is 199 Å². The van der Waals surface area contributed by atoms with Gasteiger partial charge >= 0.3 is 0 Å². The van der Waals surface area contributed by atoms with Crippen LogP contribution in [-0.2, 0) is 0 Å². The molecule has 3 aromatic heterocycles. The van der Waals surface area contributed by atoms with Crippen molar-refractivity contribution >= 4 is 76.8 Å². The van der Waals surface area contributed by atoms with Gasteiger partial charge in [-0.2, -0.15) is 0 Å². The van der Waals surface area contributed by atoms with Crippen molar-refractivity contribution in [3.8, 4) is 28.2 Å². The standard InChI is InChI=1S/C50H29N5/c1-51-34-25-29-47-41(31-34)39-15-6-10-20-46(39)55(47)49-21-11-16-40-38-14-5-7-17-43(38)53(50(40)49)35-26-22-32(23-27-35)33-24-28-48(42(30-33)52-2)54-44-18-8-3-12-36(44)37-13-4-9-19-45(37)54/h3-31H. The quantitative estimate of drug-likeness (QED) is 0.163. The normalized spacial score (nSPS) is 11.6. The lowest BCUT2D eigenvalue weighted by Crippen LogP contribution is -2.00. The number of aromatic nitrogens is 3. The molecule has 0 saturated carbocycles. The first-order chi connectivity index (χ1) is 27.2. The molecular weight excluding hydrogens is 671 g/mol. The zero-order chi connectivity index (χ0) is 36.6. The van der Waals surface area contributed by atoms with Crippen LogP contribution in [-0.4, -0.2) is 13.7 Å². The minimum atomic E-state index is 0.606. The van der Waals surface area contributed by atoms with Gasteiger partial charge < -0.3 is 13.7 Å². The van der Waals surface area contributed by atoms with Crippen molar-refractivity contribution in [2.45, 2.75) is 0 Å². The fraction of sp³-hybridized carbons (Fsp3) is 0. The van der Waals surface area contributed by atoms with Gasteiger partial charge in [0, 0.05) is 32.6 Å². The summed E-state index contributed by atoms with van der Waals surface area (Å²) in [5.74, 6) is 0. The zero-order valence-electron chi connectivity index (χ0n) is 29.5. The van der Waals surface area contributed by atoms with Gasteiger partial charge in [0.25, 0.3) is 0 Å². The van der Waals surface area contributed by atoms with Crippen LogP contribution in [0.1, 0.15) is 0 Å². The number of fused-ring (bicyclic) bond motifs is 9. The third-order valence-electron chi connectivity index (χ3n) is 11.1. The van der Waals surface area contributed by atoms with Crippen LogP contribution in [0.5, 0.6) is 0 Å². The molecule has 0 aliphatic heterocycles. The lowest BCUT2D eigenvalue weighted by molar-refractivity contribution is 1.13. The second kappa shape index (κ2) is 11.8. The molecule has 0 amide bonds. The number of benzene rings is 8.